The number of aliphatic hydroxyl groups excluding tert-OH is 1. The molecule has 0 unspecified atom stereocenters. The van der Waals surface area contributed by atoms with Crippen molar-refractivity contribution < 1.29 is 71.8 Å². The van der Waals surface area contributed by atoms with Gasteiger partial charge in [-0.2, -0.15) is 12.6 Å². The van der Waals surface area contributed by atoms with Crippen LogP contribution < -0.4 is 38.1 Å². The summed E-state index contributed by atoms with van der Waals surface area (Å²) in [7, 11) is -5.14. The molecule has 25 nitrogen and oxygen atoms in total. The van der Waals surface area contributed by atoms with Gasteiger partial charge in [-0.15, -0.1) is 0 Å². The summed E-state index contributed by atoms with van der Waals surface area (Å²) in [6, 6.07) is 1.96. The molecule has 1 aromatic heterocycles. The van der Waals surface area contributed by atoms with E-state index < -0.39 is 92.4 Å². The molecule has 1 saturated heterocycles. The SMILES string of the molecule is CC(C)C[C@H](NC(=O)[C@@H]1C[C@@H](OCCCCc2ccccc2)CN1C(=O)CCOCCOCCNC(=O)[C@@H](N)CS)C(=O)N[C@@H](Cc1cnc[nH]1)C(=O)N[C@@H](CO)C(=O)N[C@H](C(N)=O)[C@@H](C)OP(=O)(O)O. The lowest BCUT2D eigenvalue weighted by Gasteiger charge is -2.28. The van der Waals surface area contributed by atoms with Crippen molar-refractivity contribution in [1.29, 1.82) is 0 Å². The van der Waals surface area contributed by atoms with Gasteiger partial charge in [0.2, 0.25) is 41.4 Å². The number of imidazole rings is 1. The number of hydrogen-bond donors (Lipinski definition) is 12. The largest absolute Gasteiger partial charge is 0.469 e. The number of aromatic amines is 1. The van der Waals surface area contributed by atoms with Crippen molar-refractivity contribution in [3.8, 4) is 0 Å². The van der Waals surface area contributed by atoms with E-state index in [-0.39, 0.29) is 88.7 Å². The Balaban J connectivity index is 1.72. The zero-order valence-corrected chi connectivity index (χ0v) is 42.0. The first-order chi connectivity index (χ1) is 33.7. The number of aryl methyl sites for hydroxylation is 1. The van der Waals surface area contributed by atoms with Crippen LogP contribution >= 0.6 is 20.5 Å². The number of amides is 7. The van der Waals surface area contributed by atoms with Gasteiger partial charge in [-0.25, -0.2) is 9.55 Å². The predicted molar refractivity (Wildman–Crippen MR) is 259 cm³/mol. The molecule has 7 amide bonds. The molecule has 1 aliphatic heterocycles. The van der Waals surface area contributed by atoms with Gasteiger partial charge < -0.3 is 77.0 Å². The number of nitrogens with zero attached hydrogens (tertiary/aromatic N) is 2. The van der Waals surface area contributed by atoms with Crippen LogP contribution in [0.4, 0.5) is 0 Å². The summed E-state index contributed by atoms with van der Waals surface area (Å²) in [6.45, 7) is 4.95. The van der Waals surface area contributed by atoms with Crippen LogP contribution in [0.1, 0.15) is 64.1 Å². The number of primary amides is 1. The Morgan fingerprint density at radius 1 is 0.887 bits per heavy atom. The summed E-state index contributed by atoms with van der Waals surface area (Å²) in [5, 5.41) is 22.6. The van der Waals surface area contributed by atoms with Gasteiger partial charge in [-0.1, -0.05) is 44.2 Å². The van der Waals surface area contributed by atoms with Crippen molar-refractivity contribution in [2.24, 2.45) is 17.4 Å². The number of nitrogens with one attached hydrogen (secondary N) is 6. The lowest BCUT2D eigenvalue weighted by Crippen LogP contribution is -2.61. The second kappa shape index (κ2) is 31.4. The van der Waals surface area contributed by atoms with Crippen molar-refractivity contribution in [3.63, 3.8) is 0 Å². The van der Waals surface area contributed by atoms with Crippen LogP contribution in [-0.2, 0) is 69.7 Å². The lowest BCUT2D eigenvalue weighted by molar-refractivity contribution is -0.140. The highest BCUT2D eigenvalue weighted by Crippen LogP contribution is 2.38. The third-order valence-corrected chi connectivity index (χ3v) is 12.0. The molecule has 0 radical (unpaired) electrons. The highest BCUT2D eigenvalue weighted by atomic mass is 32.1. The fourth-order valence-corrected chi connectivity index (χ4v) is 8.06. The van der Waals surface area contributed by atoms with Gasteiger partial charge in [-0.05, 0) is 44.1 Å². The van der Waals surface area contributed by atoms with Gasteiger partial charge in [0.15, 0.2) is 0 Å². The first-order valence-electron chi connectivity index (χ1n) is 23.3. The quantitative estimate of drug-likeness (QED) is 0.0200. The first-order valence-corrected chi connectivity index (χ1v) is 25.5. The standard InChI is InChI=1S/C44H71N10O15PS/c1-27(2)19-33(41(59)50-34(20-30-22-47-26-49-30)42(60)52-35(24-55)43(61)53-38(39(46)57)28(3)69-70(63,64)65)51-44(62)36-21-31(68-14-8-7-11-29-9-5-4-6-10-29)23-54(36)37(56)12-15-66-17-18-67-16-13-48-40(58)32(45)25-71/h4-6,9-10,22,26-28,31-36,38,55,71H,7-8,11-21,23-25,45H2,1-3H3,(H2,46,57)(H,47,49)(H,48,58)(H,50,59)(H,51,62)(H,52,60)(H,53,61)(H2,63,64,65)/t28-,31-,32+,33+,34+,35+,36+,38+/m1/s1. The maximum absolute atomic E-state index is 14.3. The van der Waals surface area contributed by atoms with Crippen molar-refractivity contribution in [1.82, 2.24) is 41.5 Å². The normalized spacial score (nSPS) is 17.3. The van der Waals surface area contributed by atoms with E-state index in [0.717, 1.165) is 26.2 Å². The number of nitrogens with two attached hydrogens (primary N) is 2. The van der Waals surface area contributed by atoms with Crippen molar-refractivity contribution in [3.05, 3.63) is 54.1 Å². The van der Waals surface area contributed by atoms with Gasteiger partial charge in [0.25, 0.3) is 0 Å². The summed E-state index contributed by atoms with van der Waals surface area (Å²) in [5.41, 5.74) is 12.5. The number of H-pyrrole nitrogens is 1. The molecular formula is C44H71N10O15PS. The monoisotopic (exact) mass is 1040 g/mol. The number of carbonyl (C=O) groups is 7. The van der Waals surface area contributed by atoms with E-state index in [1.54, 1.807) is 0 Å². The van der Waals surface area contributed by atoms with Crippen LogP contribution in [0.15, 0.2) is 42.9 Å². The minimum absolute atomic E-state index is 0.0123. The topological polar surface area (TPSA) is 378 Å². The van der Waals surface area contributed by atoms with E-state index in [4.69, 9.17) is 25.7 Å². The van der Waals surface area contributed by atoms with Crippen LogP contribution in [0.2, 0.25) is 0 Å². The van der Waals surface area contributed by atoms with E-state index >= 15 is 0 Å². The summed E-state index contributed by atoms with van der Waals surface area (Å²) in [6.07, 6.45) is 2.95. The molecule has 398 valence electrons. The number of hydrogen-bond acceptors (Lipinski definition) is 16. The smallest absolute Gasteiger partial charge is 0.394 e. The number of aliphatic hydroxyl groups is 1. The Labute approximate surface area is 418 Å². The molecule has 1 aliphatic rings. The molecule has 0 saturated carbocycles. The predicted octanol–water partition coefficient (Wildman–Crippen LogP) is -2.28. The number of aromatic nitrogens is 2. The summed E-state index contributed by atoms with van der Waals surface area (Å²) in [4.78, 5) is 120. The van der Waals surface area contributed by atoms with E-state index in [0.29, 0.717) is 12.3 Å². The van der Waals surface area contributed by atoms with Crippen LogP contribution in [0.3, 0.4) is 0 Å². The summed E-state index contributed by atoms with van der Waals surface area (Å²) >= 11 is 4.00. The molecule has 13 N–H and O–H groups in total. The second-order valence-electron chi connectivity index (χ2n) is 17.3. The lowest BCUT2D eigenvalue weighted by atomic mass is 10.0. The number of likely N-dealkylation sites (tertiary alicyclic amines) is 1. The molecule has 0 spiro atoms. The molecule has 3 rings (SSSR count). The number of benzene rings is 1. The molecule has 0 aliphatic carbocycles. The number of unbranched alkanes of at least 4 members (excludes halogenated alkanes) is 1. The molecule has 1 aromatic carbocycles. The fourth-order valence-electron chi connectivity index (χ4n) is 7.34. The molecule has 27 heteroatoms. The highest BCUT2D eigenvalue weighted by Gasteiger charge is 2.42. The molecule has 8 atom stereocenters. The Hall–Kier alpha value is -5.02. The first kappa shape index (κ1) is 60.3. The molecule has 2 aromatic rings. The number of carbonyl (C=O) groups excluding carboxylic acids is 7. The Kier molecular flexibility index (Phi) is 26.7. The number of rotatable bonds is 34. The molecule has 71 heavy (non-hydrogen) atoms. The van der Waals surface area contributed by atoms with E-state index in [1.165, 1.54) is 23.0 Å². The van der Waals surface area contributed by atoms with Gasteiger partial charge in [0.1, 0.15) is 30.2 Å². The molecule has 0 bridgehead atoms. The van der Waals surface area contributed by atoms with Crippen molar-refractivity contribution in [2.75, 3.05) is 58.5 Å². The fraction of sp³-hybridized carbons (Fsp3) is 0.636. The average molecular weight is 1040 g/mol. The van der Waals surface area contributed by atoms with Gasteiger partial charge in [-0.3, -0.25) is 38.1 Å². The average Bonchev–Trinajstić information content (AvgIpc) is 4.01. The number of phosphoric acid groups is 1. The van der Waals surface area contributed by atoms with Crippen molar-refractivity contribution >= 4 is 61.8 Å². The second-order valence-corrected chi connectivity index (χ2v) is 18.8. The Bertz CT molecular complexity index is 2040. The van der Waals surface area contributed by atoms with Crippen LogP contribution in [0.5, 0.6) is 0 Å². The third kappa shape index (κ3) is 22.5. The summed E-state index contributed by atoms with van der Waals surface area (Å²) < 4.78 is 33.2. The minimum atomic E-state index is -5.14. The molecule has 2 heterocycles. The van der Waals surface area contributed by atoms with E-state index in [9.17, 15) is 53.0 Å². The maximum Gasteiger partial charge on any atom is 0.469 e. The molecule has 1 fully saturated rings. The highest BCUT2D eigenvalue weighted by molar-refractivity contribution is 7.80. The summed E-state index contributed by atoms with van der Waals surface area (Å²) in [5.74, 6) is -5.55. The number of ether oxygens (including phenoxy) is 3. The molecular weight excluding hydrogens is 972 g/mol. The van der Waals surface area contributed by atoms with Gasteiger partial charge in [0, 0.05) is 50.2 Å². The zero-order valence-electron chi connectivity index (χ0n) is 40.2. The third-order valence-electron chi connectivity index (χ3n) is 11.0. The maximum atomic E-state index is 14.3. The Morgan fingerprint density at radius 3 is 2.17 bits per heavy atom. The van der Waals surface area contributed by atoms with Crippen LogP contribution in [0, 0.1) is 5.92 Å². The van der Waals surface area contributed by atoms with Crippen LogP contribution in [0.25, 0.3) is 0 Å². The number of phosphoric ester groups is 1. The minimum Gasteiger partial charge on any atom is -0.394 e. The zero-order chi connectivity index (χ0) is 52.5. The number of thiol groups is 1. The van der Waals surface area contributed by atoms with Gasteiger partial charge >= 0.3 is 7.82 Å². The Morgan fingerprint density at radius 2 is 1.55 bits per heavy atom. The van der Waals surface area contributed by atoms with E-state index in [1.807, 2.05) is 44.2 Å². The van der Waals surface area contributed by atoms with E-state index in [2.05, 4.69) is 53.7 Å². The van der Waals surface area contributed by atoms with Crippen molar-refractivity contribution in [2.45, 2.75) is 114 Å². The van der Waals surface area contributed by atoms with Crippen LogP contribution in [-0.4, -0.2) is 178 Å². The van der Waals surface area contributed by atoms with Gasteiger partial charge in [0.05, 0.1) is 64.0 Å².